The summed E-state index contributed by atoms with van der Waals surface area (Å²) in [6, 6.07) is 10.5. The maximum absolute atomic E-state index is 2.36. The molecule has 0 saturated heterocycles. The van der Waals surface area contributed by atoms with Crippen molar-refractivity contribution in [2.75, 3.05) is 3.06 Å². The number of para-hydroxylation sites is 1. The number of nitrogens with zero attached hydrogens (tertiary/aromatic N) is 1. The van der Waals surface area contributed by atoms with Crippen molar-refractivity contribution in [3.8, 4) is 0 Å². The number of anilines is 1. The molecule has 0 saturated carbocycles. The van der Waals surface area contributed by atoms with Crippen molar-refractivity contribution in [1.29, 1.82) is 0 Å². The minimum atomic E-state index is -0.236. The number of benzene rings is 1. The van der Waals surface area contributed by atoms with Crippen LogP contribution in [0.25, 0.3) is 0 Å². The van der Waals surface area contributed by atoms with Gasteiger partial charge in [-0.2, -0.15) is 0 Å². The van der Waals surface area contributed by atoms with Crippen LogP contribution in [0.5, 0.6) is 0 Å². The molecule has 0 amide bonds. The van der Waals surface area contributed by atoms with Crippen LogP contribution < -0.4 is 3.06 Å². The molecule has 1 aromatic rings. The first-order valence-electron chi connectivity index (χ1n) is 3.52. The molecule has 0 atom stereocenters. The van der Waals surface area contributed by atoms with Gasteiger partial charge < -0.3 is 0 Å². The van der Waals surface area contributed by atoms with Crippen LogP contribution in [0.3, 0.4) is 0 Å². The molecule has 1 heterocycles. The Balaban J connectivity index is 2.30. The predicted octanol–water partition coefficient (Wildman–Crippen LogP) is 1.44. The Kier molecular flexibility index (Phi) is 2.09. The molecule has 54 valence electrons. The van der Waals surface area contributed by atoms with Crippen LogP contribution in [0.1, 0.15) is 0 Å². The third-order valence-corrected chi connectivity index (χ3v) is 4.15. The first-order valence-corrected chi connectivity index (χ1v) is 6.13. The second-order valence-electron chi connectivity index (χ2n) is 2.29. The Bertz CT molecular complexity index is 278. The maximum atomic E-state index is 2.36. The molecule has 1 nitrogen and oxygen atoms in total. The molecule has 0 radical (unpaired) electrons. The summed E-state index contributed by atoms with van der Waals surface area (Å²) in [5.41, 5.74) is 1.33. The van der Waals surface area contributed by atoms with Gasteiger partial charge in [0.2, 0.25) is 0 Å². The molecule has 1 aliphatic rings. The molecule has 0 unspecified atom stereocenters. The van der Waals surface area contributed by atoms with Crippen LogP contribution in [-0.4, -0.2) is 25.4 Å². The Morgan fingerprint density at radius 1 is 1.09 bits per heavy atom. The zero-order valence-corrected chi connectivity index (χ0v) is 8.57. The fourth-order valence-electron chi connectivity index (χ4n) is 1.00. The Labute approximate surface area is 76.7 Å². The van der Waals surface area contributed by atoms with Crippen molar-refractivity contribution in [3.05, 3.63) is 42.6 Å². The number of hydrogen-bond acceptors (Lipinski definition) is 1. The SMILES string of the molecule is C1=C[N](c2ccccc2)[Sb]=[CH]1. The molecule has 0 aromatic heterocycles. The van der Waals surface area contributed by atoms with Crippen molar-refractivity contribution in [2.24, 2.45) is 0 Å². The average Bonchev–Trinajstić information content (AvgIpc) is 2.58. The van der Waals surface area contributed by atoms with E-state index in [9.17, 15) is 0 Å². The Morgan fingerprint density at radius 2 is 1.91 bits per heavy atom. The summed E-state index contributed by atoms with van der Waals surface area (Å²) in [7, 11) is 0. The topological polar surface area (TPSA) is 3.24 Å². The van der Waals surface area contributed by atoms with Gasteiger partial charge in [-0.1, -0.05) is 0 Å². The second-order valence-corrected chi connectivity index (χ2v) is 5.03. The van der Waals surface area contributed by atoms with Crippen LogP contribution in [0.4, 0.5) is 5.69 Å². The minimum absolute atomic E-state index is 0.236. The van der Waals surface area contributed by atoms with E-state index in [1.165, 1.54) is 5.69 Å². The molecule has 11 heavy (non-hydrogen) atoms. The van der Waals surface area contributed by atoms with E-state index in [1.54, 1.807) is 0 Å². The standard InChI is InChI=1S/C9H8N.Sb/c1-2-8-10-9-6-4-3-5-7-9;/h1-8H;/q-1;+1. The quantitative estimate of drug-likeness (QED) is 0.683. The first kappa shape index (κ1) is 7.12. The summed E-state index contributed by atoms with van der Waals surface area (Å²) >= 11 is -0.236. The molecule has 0 fully saturated rings. The number of hydrogen-bond donors (Lipinski definition) is 0. The molecule has 2 rings (SSSR count). The molecular formula is C9H8NSb. The number of rotatable bonds is 1. The van der Waals surface area contributed by atoms with Crippen molar-refractivity contribution < 1.29 is 0 Å². The fourth-order valence-corrected chi connectivity index (χ4v) is 3.05. The van der Waals surface area contributed by atoms with Gasteiger partial charge in [-0.25, -0.2) is 0 Å². The van der Waals surface area contributed by atoms with E-state index >= 15 is 0 Å². The van der Waals surface area contributed by atoms with Crippen LogP contribution in [0.15, 0.2) is 42.6 Å². The van der Waals surface area contributed by atoms with E-state index in [-0.39, 0.29) is 21.4 Å². The third-order valence-electron chi connectivity index (χ3n) is 1.53. The van der Waals surface area contributed by atoms with Gasteiger partial charge in [0.1, 0.15) is 0 Å². The zero-order chi connectivity index (χ0) is 7.52. The van der Waals surface area contributed by atoms with Crippen molar-refractivity contribution >= 4 is 31.1 Å². The Morgan fingerprint density at radius 3 is 2.55 bits per heavy atom. The van der Waals surface area contributed by atoms with Gasteiger partial charge in [-0.15, -0.1) is 0 Å². The van der Waals surface area contributed by atoms with E-state index < -0.39 is 0 Å². The van der Waals surface area contributed by atoms with Crippen LogP contribution in [-0.2, 0) is 0 Å². The molecule has 1 aromatic carbocycles. The fraction of sp³-hybridized carbons (Fsp3) is 0. The van der Waals surface area contributed by atoms with E-state index in [0.29, 0.717) is 0 Å². The summed E-state index contributed by atoms with van der Waals surface area (Å²) in [5.74, 6) is 0. The van der Waals surface area contributed by atoms with Crippen LogP contribution in [0.2, 0.25) is 0 Å². The third kappa shape index (κ3) is 1.54. The Hall–Kier alpha value is -0.552. The van der Waals surface area contributed by atoms with Crippen molar-refractivity contribution in [3.63, 3.8) is 0 Å². The zero-order valence-electron chi connectivity index (χ0n) is 6.01. The molecule has 0 spiro atoms. The van der Waals surface area contributed by atoms with E-state index in [0.717, 1.165) is 0 Å². The second kappa shape index (κ2) is 3.23. The van der Waals surface area contributed by atoms with Crippen LogP contribution in [0, 0.1) is 0 Å². The molecule has 0 N–H and O–H groups in total. The van der Waals surface area contributed by atoms with Gasteiger partial charge in [-0.05, 0) is 0 Å². The average molecular weight is 252 g/mol. The van der Waals surface area contributed by atoms with Gasteiger partial charge >= 0.3 is 76.7 Å². The van der Waals surface area contributed by atoms with E-state index in [2.05, 4.69) is 49.6 Å². The van der Waals surface area contributed by atoms with Gasteiger partial charge in [0, 0.05) is 0 Å². The summed E-state index contributed by atoms with van der Waals surface area (Å²) < 4.78 is 4.65. The van der Waals surface area contributed by atoms with Gasteiger partial charge in [0.15, 0.2) is 0 Å². The van der Waals surface area contributed by atoms with Crippen LogP contribution >= 0.6 is 0 Å². The molecule has 0 bridgehead atoms. The van der Waals surface area contributed by atoms with Gasteiger partial charge in [0.25, 0.3) is 0 Å². The normalized spacial score (nSPS) is 14.4. The van der Waals surface area contributed by atoms with Crippen molar-refractivity contribution in [1.82, 2.24) is 0 Å². The summed E-state index contributed by atoms with van der Waals surface area (Å²) in [6.07, 6.45) is 4.30. The summed E-state index contributed by atoms with van der Waals surface area (Å²) in [4.78, 5) is 0. The van der Waals surface area contributed by atoms with Crippen molar-refractivity contribution in [2.45, 2.75) is 0 Å². The number of allylic oxidation sites excluding steroid dienone is 1. The molecule has 0 aliphatic carbocycles. The van der Waals surface area contributed by atoms with E-state index in [1.807, 2.05) is 0 Å². The monoisotopic (exact) mass is 251 g/mol. The predicted molar refractivity (Wildman–Crippen MR) is 49.9 cm³/mol. The molecule has 2 heteroatoms. The van der Waals surface area contributed by atoms with Gasteiger partial charge in [-0.3, -0.25) is 0 Å². The summed E-state index contributed by atoms with van der Waals surface area (Å²) in [6.45, 7) is 0. The molecular weight excluding hydrogens is 244 g/mol. The van der Waals surface area contributed by atoms with Gasteiger partial charge in [0.05, 0.1) is 0 Å². The van der Waals surface area contributed by atoms with E-state index in [4.69, 9.17) is 0 Å². The summed E-state index contributed by atoms with van der Waals surface area (Å²) in [5, 5.41) is 0. The first-order chi connectivity index (χ1) is 5.47. The molecule has 1 aliphatic heterocycles.